The van der Waals surface area contributed by atoms with Crippen molar-refractivity contribution in [1.82, 2.24) is 5.32 Å². The molecule has 2 N–H and O–H groups in total. The number of halogens is 5. The van der Waals surface area contributed by atoms with Gasteiger partial charge in [0.1, 0.15) is 6.04 Å². The number of hydrogen-bond donors (Lipinski definition) is 2. The van der Waals surface area contributed by atoms with E-state index in [4.69, 9.17) is 16.7 Å². The molecule has 0 heterocycles. The number of benzene rings is 1. The van der Waals surface area contributed by atoms with Crippen LogP contribution >= 0.6 is 27.5 Å². The molecule has 0 radical (unpaired) electrons. The number of hydrogen-bond acceptors (Lipinski definition) is 2. The summed E-state index contributed by atoms with van der Waals surface area (Å²) in [6.07, 6.45) is -6.37. The summed E-state index contributed by atoms with van der Waals surface area (Å²) in [4.78, 5) is 22.5. The Bertz CT molecular complexity index is 536. The average Bonchev–Trinajstić information content (AvgIpc) is 2.25. The zero-order valence-corrected chi connectivity index (χ0v) is 12.0. The minimum atomic E-state index is -4.71. The lowest BCUT2D eigenvalue weighted by molar-refractivity contribution is -0.157. The van der Waals surface area contributed by atoms with Crippen molar-refractivity contribution in [1.29, 1.82) is 0 Å². The molecule has 9 heteroatoms. The third-order valence-corrected chi connectivity index (χ3v) is 3.02. The molecule has 1 unspecified atom stereocenters. The van der Waals surface area contributed by atoms with Gasteiger partial charge in [0, 0.05) is 4.47 Å². The number of aliphatic carboxylic acids is 1. The van der Waals surface area contributed by atoms with Crippen molar-refractivity contribution >= 4 is 39.4 Å². The molecule has 0 aromatic heterocycles. The lowest BCUT2D eigenvalue weighted by atomic mass is 10.1. The zero-order valence-electron chi connectivity index (χ0n) is 9.67. The smallest absolute Gasteiger partial charge is 0.391 e. The fraction of sp³-hybridized carbons (Fsp3) is 0.273. The zero-order chi connectivity index (χ0) is 15.5. The maximum absolute atomic E-state index is 12.2. The van der Waals surface area contributed by atoms with Crippen LogP contribution in [0.1, 0.15) is 16.8 Å². The summed E-state index contributed by atoms with van der Waals surface area (Å²) in [5, 5.41) is 10.5. The molecule has 0 saturated carbocycles. The van der Waals surface area contributed by atoms with E-state index in [0.717, 1.165) is 0 Å². The van der Waals surface area contributed by atoms with Crippen LogP contribution in [0.2, 0.25) is 5.02 Å². The number of alkyl halides is 3. The molecule has 1 aromatic rings. The minimum Gasteiger partial charge on any atom is -0.480 e. The molecule has 20 heavy (non-hydrogen) atoms. The number of rotatable bonds is 4. The van der Waals surface area contributed by atoms with Crippen LogP contribution in [0.5, 0.6) is 0 Å². The second kappa shape index (κ2) is 6.45. The molecule has 1 amide bonds. The number of amides is 1. The molecule has 0 bridgehead atoms. The second-order valence-corrected chi connectivity index (χ2v) is 5.13. The molecule has 0 aliphatic carbocycles. The normalized spacial score (nSPS) is 12.8. The molecule has 0 aliphatic rings. The van der Waals surface area contributed by atoms with Gasteiger partial charge in [0.05, 0.1) is 17.0 Å². The van der Waals surface area contributed by atoms with E-state index in [-0.39, 0.29) is 10.6 Å². The van der Waals surface area contributed by atoms with Gasteiger partial charge < -0.3 is 10.4 Å². The van der Waals surface area contributed by atoms with Gasteiger partial charge in [-0.15, -0.1) is 0 Å². The summed E-state index contributed by atoms with van der Waals surface area (Å²) >= 11 is 8.86. The Morgan fingerprint density at radius 1 is 1.40 bits per heavy atom. The third-order valence-electron chi connectivity index (χ3n) is 2.21. The molecule has 4 nitrogen and oxygen atoms in total. The van der Waals surface area contributed by atoms with Crippen LogP contribution < -0.4 is 5.32 Å². The molecule has 0 aliphatic heterocycles. The van der Waals surface area contributed by atoms with E-state index in [2.05, 4.69) is 15.9 Å². The molecule has 1 atom stereocenters. The van der Waals surface area contributed by atoms with E-state index in [1.807, 2.05) is 0 Å². The fourth-order valence-electron chi connectivity index (χ4n) is 1.34. The van der Waals surface area contributed by atoms with Crippen LogP contribution in [0, 0.1) is 0 Å². The molecule has 0 saturated heterocycles. The van der Waals surface area contributed by atoms with Crippen LogP contribution in [-0.4, -0.2) is 29.2 Å². The monoisotopic (exact) mass is 373 g/mol. The van der Waals surface area contributed by atoms with Gasteiger partial charge in [0.25, 0.3) is 5.91 Å². The van der Waals surface area contributed by atoms with Crippen molar-refractivity contribution in [2.45, 2.75) is 18.6 Å². The molecular formula is C11H8BrClF3NO3. The van der Waals surface area contributed by atoms with Crippen molar-refractivity contribution in [3.8, 4) is 0 Å². The first-order valence-electron chi connectivity index (χ1n) is 5.15. The first-order chi connectivity index (χ1) is 9.10. The van der Waals surface area contributed by atoms with Crippen LogP contribution in [0.25, 0.3) is 0 Å². The van der Waals surface area contributed by atoms with Gasteiger partial charge in [0.15, 0.2) is 0 Å². The number of carbonyl (C=O) groups is 2. The van der Waals surface area contributed by atoms with E-state index >= 15 is 0 Å². The standard InChI is InChI=1S/C11H8BrClF3NO3/c12-5-1-2-6(7(13)3-5)9(18)17-8(10(19)20)4-11(14,15)16/h1-3,8H,4H2,(H,17,18)(H,19,20). The predicted molar refractivity (Wildman–Crippen MR) is 68.7 cm³/mol. The second-order valence-electron chi connectivity index (χ2n) is 3.81. The Kier molecular flexibility index (Phi) is 5.41. The Labute approximate surface area is 125 Å². The quantitative estimate of drug-likeness (QED) is 0.850. The minimum absolute atomic E-state index is 0.00646. The maximum Gasteiger partial charge on any atom is 0.391 e. The molecule has 1 aromatic carbocycles. The van der Waals surface area contributed by atoms with Gasteiger partial charge in [0.2, 0.25) is 0 Å². The van der Waals surface area contributed by atoms with Crippen molar-refractivity contribution in [3.63, 3.8) is 0 Å². The van der Waals surface area contributed by atoms with Gasteiger partial charge in [-0.05, 0) is 18.2 Å². The van der Waals surface area contributed by atoms with Crippen LogP contribution in [0.3, 0.4) is 0 Å². The van der Waals surface area contributed by atoms with Gasteiger partial charge in [-0.2, -0.15) is 13.2 Å². The van der Waals surface area contributed by atoms with E-state index < -0.39 is 30.5 Å². The van der Waals surface area contributed by atoms with Crippen molar-refractivity contribution < 1.29 is 27.9 Å². The first-order valence-corrected chi connectivity index (χ1v) is 6.32. The highest BCUT2D eigenvalue weighted by Crippen LogP contribution is 2.24. The Morgan fingerprint density at radius 2 is 2.00 bits per heavy atom. The summed E-state index contributed by atoms with van der Waals surface area (Å²) in [6, 6.07) is 2.03. The lowest BCUT2D eigenvalue weighted by Crippen LogP contribution is -2.43. The summed E-state index contributed by atoms with van der Waals surface area (Å²) in [5.41, 5.74) is -0.108. The van der Waals surface area contributed by atoms with Gasteiger partial charge in [-0.1, -0.05) is 27.5 Å². The van der Waals surface area contributed by atoms with Crippen molar-refractivity contribution in [2.24, 2.45) is 0 Å². The maximum atomic E-state index is 12.2. The number of carboxylic acid groups (broad SMARTS) is 1. The third kappa shape index (κ3) is 5.01. The highest BCUT2D eigenvalue weighted by molar-refractivity contribution is 9.10. The Morgan fingerprint density at radius 3 is 2.45 bits per heavy atom. The molecule has 110 valence electrons. The van der Waals surface area contributed by atoms with Crippen molar-refractivity contribution in [2.75, 3.05) is 0 Å². The molecular weight excluding hydrogens is 366 g/mol. The summed E-state index contributed by atoms with van der Waals surface area (Å²) < 4.78 is 37.2. The largest absolute Gasteiger partial charge is 0.480 e. The summed E-state index contributed by atoms with van der Waals surface area (Å²) in [5.74, 6) is -2.76. The van der Waals surface area contributed by atoms with E-state index in [1.54, 1.807) is 5.32 Å². The van der Waals surface area contributed by atoms with E-state index in [1.165, 1.54) is 18.2 Å². The van der Waals surface area contributed by atoms with E-state index in [0.29, 0.717) is 4.47 Å². The van der Waals surface area contributed by atoms with Crippen molar-refractivity contribution in [3.05, 3.63) is 33.3 Å². The number of nitrogens with one attached hydrogen (secondary N) is 1. The fourth-order valence-corrected chi connectivity index (χ4v) is 2.10. The molecule has 1 rings (SSSR count). The van der Waals surface area contributed by atoms with Crippen LogP contribution in [0.15, 0.2) is 22.7 Å². The topological polar surface area (TPSA) is 66.4 Å². The lowest BCUT2D eigenvalue weighted by Gasteiger charge is -2.16. The van der Waals surface area contributed by atoms with Gasteiger partial charge in [-0.25, -0.2) is 4.79 Å². The van der Waals surface area contributed by atoms with E-state index in [9.17, 15) is 22.8 Å². The first kappa shape index (κ1) is 16.8. The predicted octanol–water partition coefficient (Wildman–Crippen LogP) is 3.24. The van der Waals surface area contributed by atoms with Gasteiger partial charge in [-0.3, -0.25) is 4.79 Å². The number of carboxylic acids is 1. The number of carbonyl (C=O) groups excluding carboxylic acids is 1. The molecule has 0 spiro atoms. The SMILES string of the molecule is O=C(NC(CC(F)(F)F)C(=O)O)c1ccc(Br)cc1Cl. The summed E-state index contributed by atoms with van der Waals surface area (Å²) in [6.45, 7) is 0. The summed E-state index contributed by atoms with van der Waals surface area (Å²) in [7, 11) is 0. The van der Waals surface area contributed by atoms with Gasteiger partial charge >= 0.3 is 12.1 Å². The van der Waals surface area contributed by atoms with Crippen LogP contribution in [0.4, 0.5) is 13.2 Å². The highest BCUT2D eigenvalue weighted by atomic mass is 79.9. The Hall–Kier alpha value is -1.28. The highest BCUT2D eigenvalue weighted by Gasteiger charge is 2.36. The molecule has 0 fully saturated rings. The van der Waals surface area contributed by atoms with Crippen LogP contribution in [-0.2, 0) is 4.79 Å². The average molecular weight is 375 g/mol. The Balaban J connectivity index is 2.88.